The third kappa shape index (κ3) is 3.28. The molecule has 0 bridgehead atoms. The van der Waals surface area contributed by atoms with Crippen molar-refractivity contribution in [3.05, 3.63) is 35.5 Å². The van der Waals surface area contributed by atoms with Crippen LogP contribution < -0.4 is 4.72 Å². The van der Waals surface area contributed by atoms with Crippen molar-refractivity contribution in [1.82, 2.24) is 19.7 Å². The van der Waals surface area contributed by atoms with Crippen LogP contribution in [0.25, 0.3) is 0 Å². The lowest BCUT2D eigenvalue weighted by Crippen LogP contribution is -2.27. The van der Waals surface area contributed by atoms with Gasteiger partial charge in [0, 0.05) is 0 Å². The maximum atomic E-state index is 12.0. The Bertz CT molecular complexity index is 668. The van der Waals surface area contributed by atoms with E-state index in [0.717, 1.165) is 12.4 Å². The Balaban J connectivity index is 2.19. The summed E-state index contributed by atoms with van der Waals surface area (Å²) in [7, 11) is -3.75. The van der Waals surface area contributed by atoms with Crippen LogP contribution in [0.2, 0.25) is 5.28 Å². The van der Waals surface area contributed by atoms with Crippen LogP contribution in [0.5, 0.6) is 0 Å². The van der Waals surface area contributed by atoms with Gasteiger partial charge in [-0.1, -0.05) is 0 Å². The zero-order valence-electron chi connectivity index (χ0n) is 10.2. The highest BCUT2D eigenvalue weighted by molar-refractivity contribution is 7.89. The molecule has 2 aromatic rings. The van der Waals surface area contributed by atoms with Gasteiger partial charge in [0.25, 0.3) is 0 Å². The summed E-state index contributed by atoms with van der Waals surface area (Å²) in [5.41, 5.74) is 0. The Morgan fingerprint density at radius 2 is 1.89 bits per heavy atom. The minimum absolute atomic E-state index is 0.0182. The second kappa shape index (κ2) is 5.24. The van der Waals surface area contributed by atoms with Gasteiger partial charge in [-0.3, -0.25) is 0 Å². The molecule has 19 heavy (non-hydrogen) atoms. The second-order valence-corrected chi connectivity index (χ2v) is 5.89. The Kier molecular flexibility index (Phi) is 3.83. The SMILES string of the molecule is Cc1cnc(C(C)NS(=O)(=O)c2cnc(Cl)nc2)o1. The van der Waals surface area contributed by atoms with Crippen LogP contribution in [0.15, 0.2) is 27.9 Å². The topological polar surface area (TPSA) is 98.0 Å². The standard InChI is InChI=1S/C10H11ClN4O3S/c1-6-3-12-9(18-6)7(2)15-19(16,17)8-4-13-10(11)14-5-8/h3-5,7,15H,1-2H3. The molecule has 2 rings (SSSR count). The number of aromatic nitrogens is 3. The lowest BCUT2D eigenvalue weighted by Gasteiger charge is -2.10. The normalized spacial score (nSPS) is 13.4. The van der Waals surface area contributed by atoms with Crippen LogP contribution in [0, 0.1) is 6.92 Å². The molecule has 9 heteroatoms. The first-order valence-corrected chi connectivity index (χ1v) is 7.17. The van der Waals surface area contributed by atoms with Crippen molar-refractivity contribution >= 4 is 21.6 Å². The maximum Gasteiger partial charge on any atom is 0.244 e. The highest BCUT2D eigenvalue weighted by Crippen LogP contribution is 2.16. The van der Waals surface area contributed by atoms with Gasteiger partial charge in [-0.15, -0.1) is 0 Å². The van der Waals surface area contributed by atoms with Crippen LogP contribution >= 0.6 is 11.6 Å². The van der Waals surface area contributed by atoms with Gasteiger partial charge >= 0.3 is 0 Å². The molecule has 0 aliphatic carbocycles. The number of aryl methyl sites for hydroxylation is 1. The summed E-state index contributed by atoms with van der Waals surface area (Å²) in [6, 6.07) is -0.602. The fraction of sp³-hybridized carbons (Fsp3) is 0.300. The summed E-state index contributed by atoms with van der Waals surface area (Å²) in [6.07, 6.45) is 3.78. The van der Waals surface area contributed by atoms with E-state index in [0.29, 0.717) is 5.76 Å². The molecule has 0 spiro atoms. The van der Waals surface area contributed by atoms with Gasteiger partial charge < -0.3 is 4.42 Å². The van der Waals surface area contributed by atoms with Crippen molar-refractivity contribution < 1.29 is 12.8 Å². The maximum absolute atomic E-state index is 12.0. The molecule has 1 atom stereocenters. The summed E-state index contributed by atoms with van der Waals surface area (Å²) in [4.78, 5) is 11.1. The highest BCUT2D eigenvalue weighted by atomic mass is 35.5. The fourth-order valence-corrected chi connectivity index (χ4v) is 2.55. The van der Waals surface area contributed by atoms with Crippen LogP contribution in [0.3, 0.4) is 0 Å². The molecule has 2 heterocycles. The number of hydrogen-bond acceptors (Lipinski definition) is 6. The number of oxazole rings is 1. The summed E-state index contributed by atoms with van der Waals surface area (Å²) in [5.74, 6) is 0.895. The molecule has 0 radical (unpaired) electrons. The van der Waals surface area contributed by atoms with E-state index in [1.165, 1.54) is 6.20 Å². The molecule has 0 aliphatic heterocycles. The lowest BCUT2D eigenvalue weighted by molar-refractivity contribution is 0.427. The molecular formula is C10H11ClN4O3S. The summed E-state index contributed by atoms with van der Waals surface area (Å²) >= 11 is 5.50. The van der Waals surface area contributed by atoms with Crippen molar-refractivity contribution in [1.29, 1.82) is 0 Å². The number of hydrogen-bond donors (Lipinski definition) is 1. The number of halogens is 1. The Morgan fingerprint density at radius 3 is 2.42 bits per heavy atom. The number of rotatable bonds is 4. The molecule has 0 amide bonds. The van der Waals surface area contributed by atoms with Crippen molar-refractivity contribution in [3.63, 3.8) is 0 Å². The van der Waals surface area contributed by atoms with Gasteiger partial charge in [0.1, 0.15) is 10.7 Å². The van der Waals surface area contributed by atoms with Gasteiger partial charge in [0.2, 0.25) is 21.2 Å². The van der Waals surface area contributed by atoms with Crippen molar-refractivity contribution in [2.45, 2.75) is 24.8 Å². The molecule has 1 N–H and O–H groups in total. The van der Waals surface area contributed by atoms with E-state index < -0.39 is 16.1 Å². The van der Waals surface area contributed by atoms with Gasteiger partial charge in [-0.25, -0.2) is 23.4 Å². The van der Waals surface area contributed by atoms with E-state index >= 15 is 0 Å². The minimum Gasteiger partial charge on any atom is -0.444 e. The first-order chi connectivity index (χ1) is 8.88. The van der Waals surface area contributed by atoms with Crippen molar-refractivity contribution in [2.24, 2.45) is 0 Å². The Morgan fingerprint density at radius 1 is 1.26 bits per heavy atom. The first kappa shape index (κ1) is 13.9. The van der Waals surface area contributed by atoms with E-state index in [2.05, 4.69) is 19.7 Å². The second-order valence-electron chi connectivity index (χ2n) is 3.84. The van der Waals surface area contributed by atoms with E-state index in [1.807, 2.05) is 0 Å². The van der Waals surface area contributed by atoms with Gasteiger partial charge in [-0.05, 0) is 25.4 Å². The lowest BCUT2D eigenvalue weighted by atomic mass is 10.4. The molecular weight excluding hydrogens is 292 g/mol. The van der Waals surface area contributed by atoms with Crippen molar-refractivity contribution in [3.8, 4) is 0 Å². The zero-order chi connectivity index (χ0) is 14.0. The fourth-order valence-electron chi connectivity index (χ4n) is 1.36. The molecule has 0 aliphatic rings. The largest absolute Gasteiger partial charge is 0.444 e. The molecule has 0 aromatic carbocycles. The molecule has 102 valence electrons. The summed E-state index contributed by atoms with van der Waals surface area (Å²) < 4.78 is 31.7. The van der Waals surface area contributed by atoms with Gasteiger partial charge in [-0.2, -0.15) is 4.72 Å². The first-order valence-electron chi connectivity index (χ1n) is 5.30. The zero-order valence-corrected chi connectivity index (χ0v) is 11.7. The number of nitrogens with one attached hydrogen (secondary N) is 1. The molecule has 2 aromatic heterocycles. The predicted octanol–water partition coefficient (Wildman–Crippen LogP) is 1.47. The van der Waals surface area contributed by atoms with Crippen molar-refractivity contribution in [2.75, 3.05) is 0 Å². The van der Waals surface area contributed by atoms with Crippen LogP contribution in [-0.2, 0) is 10.0 Å². The third-order valence-corrected chi connectivity index (χ3v) is 3.94. The summed E-state index contributed by atoms with van der Waals surface area (Å²) in [5, 5.41) is -0.0182. The van der Waals surface area contributed by atoms with Crippen LogP contribution in [0.4, 0.5) is 0 Å². The van der Waals surface area contributed by atoms with E-state index in [-0.39, 0.29) is 16.1 Å². The minimum atomic E-state index is -3.75. The van der Waals surface area contributed by atoms with E-state index in [4.69, 9.17) is 16.0 Å². The quantitative estimate of drug-likeness (QED) is 0.859. The van der Waals surface area contributed by atoms with Gasteiger partial charge in [0.15, 0.2) is 0 Å². The molecule has 0 saturated carbocycles. The monoisotopic (exact) mass is 302 g/mol. The van der Waals surface area contributed by atoms with E-state index in [1.54, 1.807) is 13.8 Å². The average molecular weight is 303 g/mol. The van der Waals surface area contributed by atoms with E-state index in [9.17, 15) is 8.42 Å². The van der Waals surface area contributed by atoms with Gasteiger partial charge in [0.05, 0.1) is 24.6 Å². The molecule has 0 saturated heterocycles. The van der Waals surface area contributed by atoms with Crippen LogP contribution in [0.1, 0.15) is 24.6 Å². The summed E-state index contributed by atoms with van der Waals surface area (Å²) in [6.45, 7) is 3.35. The molecule has 0 fully saturated rings. The Hall–Kier alpha value is -1.51. The van der Waals surface area contributed by atoms with Crippen LogP contribution in [-0.4, -0.2) is 23.4 Å². The molecule has 1 unspecified atom stereocenters. The Labute approximate surface area is 115 Å². The number of sulfonamides is 1. The number of nitrogens with zero attached hydrogens (tertiary/aromatic N) is 3. The smallest absolute Gasteiger partial charge is 0.244 e. The highest BCUT2D eigenvalue weighted by Gasteiger charge is 2.21. The average Bonchev–Trinajstić information content (AvgIpc) is 2.76. The molecule has 7 nitrogen and oxygen atoms in total. The third-order valence-electron chi connectivity index (χ3n) is 2.25. The predicted molar refractivity (Wildman–Crippen MR) is 67.0 cm³/mol.